The van der Waals surface area contributed by atoms with Crippen molar-refractivity contribution < 1.29 is 4.79 Å². The summed E-state index contributed by atoms with van der Waals surface area (Å²) in [6.07, 6.45) is 1.28. The summed E-state index contributed by atoms with van der Waals surface area (Å²) >= 11 is 1.75. The molecule has 1 amide bonds. The van der Waals surface area contributed by atoms with E-state index in [0.29, 0.717) is 11.0 Å². The Morgan fingerprint density at radius 2 is 1.70 bits per heavy atom. The zero-order valence-corrected chi connectivity index (χ0v) is 17.0. The number of fused-ring (bicyclic) bond motifs is 2. The molecule has 5 nitrogen and oxygen atoms in total. The first-order valence-electron chi connectivity index (χ1n) is 9.76. The van der Waals surface area contributed by atoms with E-state index in [1.165, 1.54) is 10.8 Å². The van der Waals surface area contributed by atoms with Crippen molar-refractivity contribution in [1.82, 2.24) is 9.55 Å². The number of carbonyl (C=O) groups excluding carboxylic acids is 1. The van der Waals surface area contributed by atoms with Gasteiger partial charge in [0.05, 0.1) is 29.0 Å². The molecule has 0 spiro atoms. The van der Waals surface area contributed by atoms with Gasteiger partial charge in [0.2, 0.25) is 5.91 Å². The Morgan fingerprint density at radius 3 is 2.57 bits per heavy atom. The van der Waals surface area contributed by atoms with Crippen LogP contribution >= 0.6 is 11.8 Å². The first-order valence-corrected chi connectivity index (χ1v) is 10.7. The minimum absolute atomic E-state index is 0.0375. The average molecular weight is 414 g/mol. The molecule has 0 N–H and O–H groups in total. The molecule has 0 saturated heterocycles. The molecule has 6 heteroatoms. The van der Waals surface area contributed by atoms with Crippen LogP contribution in [0.4, 0.5) is 5.69 Å². The molecular formula is C24H19N3O2S. The second-order valence-corrected chi connectivity index (χ2v) is 8.20. The van der Waals surface area contributed by atoms with Gasteiger partial charge in [-0.3, -0.25) is 14.2 Å². The minimum atomic E-state index is -0.280. The summed E-state index contributed by atoms with van der Waals surface area (Å²) in [6.45, 7) is -0.0375. The van der Waals surface area contributed by atoms with Crippen LogP contribution in [0, 0.1) is 0 Å². The van der Waals surface area contributed by atoms with E-state index in [2.05, 4.69) is 4.98 Å². The van der Waals surface area contributed by atoms with Crippen molar-refractivity contribution in [3.63, 3.8) is 0 Å². The number of thioether (sulfide) groups is 1. The normalized spacial score (nSPS) is 15.7. The molecule has 0 radical (unpaired) electrons. The smallest absolute Gasteiger partial charge is 0.269 e. The lowest BCUT2D eigenvalue weighted by Gasteiger charge is -2.37. The molecule has 1 aliphatic heterocycles. The average Bonchev–Trinajstić information content (AvgIpc) is 2.80. The molecule has 1 aromatic heterocycles. The van der Waals surface area contributed by atoms with Gasteiger partial charge >= 0.3 is 0 Å². The third-order valence-electron chi connectivity index (χ3n) is 5.33. The van der Waals surface area contributed by atoms with Crippen LogP contribution in [-0.4, -0.2) is 21.2 Å². The van der Waals surface area contributed by atoms with Gasteiger partial charge in [0.15, 0.2) is 0 Å². The standard InChI is InChI=1S/C24H19N3O2S/c28-23-14-25-18-10-4-5-11-19(18)26(23)15-24(29)27-20-12-6-7-13-22(20)30-16-21(27)17-8-2-1-3-9-17/h1-14,21H,15-16H2/t21-/m0/s1. The first-order chi connectivity index (χ1) is 14.7. The number of aromatic nitrogens is 2. The summed E-state index contributed by atoms with van der Waals surface area (Å²) in [5.41, 5.74) is 3.05. The number of carbonyl (C=O) groups is 1. The van der Waals surface area contributed by atoms with Crippen LogP contribution in [0.2, 0.25) is 0 Å². The highest BCUT2D eigenvalue weighted by atomic mass is 32.2. The Labute approximate surface area is 178 Å². The van der Waals surface area contributed by atoms with Gasteiger partial charge in [-0.2, -0.15) is 0 Å². The molecule has 1 aliphatic rings. The van der Waals surface area contributed by atoms with Crippen molar-refractivity contribution in [2.24, 2.45) is 0 Å². The van der Waals surface area contributed by atoms with Gasteiger partial charge in [-0.1, -0.05) is 54.6 Å². The third-order valence-corrected chi connectivity index (χ3v) is 6.47. The summed E-state index contributed by atoms with van der Waals surface area (Å²) < 4.78 is 1.51. The highest BCUT2D eigenvalue weighted by Gasteiger charge is 2.32. The van der Waals surface area contributed by atoms with Crippen LogP contribution in [0.15, 0.2) is 94.7 Å². The summed E-state index contributed by atoms with van der Waals surface area (Å²) in [6, 6.07) is 25.3. The summed E-state index contributed by atoms with van der Waals surface area (Å²) in [4.78, 5) is 33.3. The first kappa shape index (κ1) is 18.6. The highest BCUT2D eigenvalue weighted by Crippen LogP contribution is 2.43. The van der Waals surface area contributed by atoms with Gasteiger partial charge in [0.25, 0.3) is 5.56 Å². The molecule has 148 valence electrons. The lowest BCUT2D eigenvalue weighted by molar-refractivity contribution is -0.119. The van der Waals surface area contributed by atoms with Crippen molar-refractivity contribution in [2.45, 2.75) is 17.5 Å². The van der Waals surface area contributed by atoms with Gasteiger partial charge in [0.1, 0.15) is 6.54 Å². The van der Waals surface area contributed by atoms with Crippen LogP contribution in [0.3, 0.4) is 0 Å². The number of benzene rings is 3. The van der Waals surface area contributed by atoms with E-state index in [1.54, 1.807) is 11.8 Å². The summed E-state index contributed by atoms with van der Waals surface area (Å²) in [5.74, 6) is 0.647. The van der Waals surface area contributed by atoms with Crippen molar-refractivity contribution >= 4 is 34.4 Å². The fourth-order valence-corrected chi connectivity index (χ4v) is 5.08. The van der Waals surface area contributed by atoms with Crippen LogP contribution in [-0.2, 0) is 11.3 Å². The summed E-state index contributed by atoms with van der Waals surface area (Å²) in [7, 11) is 0. The number of hydrogen-bond acceptors (Lipinski definition) is 4. The lowest BCUT2D eigenvalue weighted by Crippen LogP contribution is -2.42. The molecule has 30 heavy (non-hydrogen) atoms. The van der Waals surface area contributed by atoms with Crippen molar-refractivity contribution in [3.8, 4) is 0 Å². The van der Waals surface area contributed by atoms with Gasteiger partial charge in [-0.05, 0) is 29.8 Å². The molecule has 1 atom stereocenters. The van der Waals surface area contributed by atoms with Gasteiger partial charge in [0, 0.05) is 10.6 Å². The molecule has 3 aromatic carbocycles. The maximum absolute atomic E-state index is 13.6. The van der Waals surface area contributed by atoms with E-state index < -0.39 is 0 Å². The lowest BCUT2D eigenvalue weighted by atomic mass is 10.1. The topological polar surface area (TPSA) is 55.2 Å². The molecule has 0 bridgehead atoms. The maximum Gasteiger partial charge on any atom is 0.269 e. The molecule has 0 fully saturated rings. The third kappa shape index (κ3) is 3.29. The number of nitrogens with zero attached hydrogens (tertiary/aromatic N) is 3. The number of para-hydroxylation sites is 3. The molecule has 5 rings (SSSR count). The molecule has 0 saturated carbocycles. The highest BCUT2D eigenvalue weighted by molar-refractivity contribution is 7.99. The second-order valence-electron chi connectivity index (χ2n) is 7.14. The van der Waals surface area contributed by atoms with E-state index >= 15 is 0 Å². The van der Waals surface area contributed by atoms with E-state index in [9.17, 15) is 9.59 Å². The number of rotatable bonds is 3. The zero-order chi connectivity index (χ0) is 20.5. The van der Waals surface area contributed by atoms with Crippen molar-refractivity contribution in [3.05, 3.63) is 101 Å². The van der Waals surface area contributed by atoms with Crippen molar-refractivity contribution in [1.29, 1.82) is 0 Å². The SMILES string of the molecule is O=C(Cn1c(=O)cnc2ccccc21)N1c2ccccc2SC[C@H]1c1ccccc1. The maximum atomic E-state index is 13.6. The molecule has 4 aromatic rings. The fraction of sp³-hybridized carbons (Fsp3) is 0.125. The van der Waals surface area contributed by atoms with E-state index in [4.69, 9.17) is 0 Å². The number of amides is 1. The monoisotopic (exact) mass is 413 g/mol. The molecule has 0 aliphatic carbocycles. The Hall–Kier alpha value is -3.38. The van der Waals surface area contributed by atoms with Gasteiger partial charge in [-0.15, -0.1) is 11.8 Å². The minimum Gasteiger partial charge on any atom is -0.301 e. The predicted octanol–water partition coefficient (Wildman–Crippen LogP) is 4.28. The Kier molecular flexibility index (Phi) is 4.85. The molecule has 2 heterocycles. The number of anilines is 1. The van der Waals surface area contributed by atoms with Crippen LogP contribution in [0.25, 0.3) is 11.0 Å². The predicted molar refractivity (Wildman–Crippen MR) is 120 cm³/mol. The largest absolute Gasteiger partial charge is 0.301 e. The van der Waals surface area contributed by atoms with Crippen LogP contribution in [0.1, 0.15) is 11.6 Å². The Balaban J connectivity index is 1.59. The van der Waals surface area contributed by atoms with E-state index in [1.807, 2.05) is 83.8 Å². The molecular weight excluding hydrogens is 394 g/mol. The van der Waals surface area contributed by atoms with Crippen LogP contribution in [0.5, 0.6) is 0 Å². The molecule has 0 unspecified atom stereocenters. The van der Waals surface area contributed by atoms with Gasteiger partial charge < -0.3 is 4.90 Å². The fourth-order valence-electron chi connectivity index (χ4n) is 3.91. The summed E-state index contributed by atoms with van der Waals surface area (Å²) in [5, 5.41) is 0. The van der Waals surface area contributed by atoms with Gasteiger partial charge in [-0.25, -0.2) is 4.98 Å². The number of hydrogen-bond donors (Lipinski definition) is 0. The Morgan fingerprint density at radius 1 is 0.967 bits per heavy atom. The van der Waals surface area contributed by atoms with Crippen LogP contribution < -0.4 is 10.5 Å². The van der Waals surface area contributed by atoms with Crippen molar-refractivity contribution in [2.75, 3.05) is 10.7 Å². The van der Waals surface area contributed by atoms with E-state index in [-0.39, 0.29) is 24.1 Å². The quantitative estimate of drug-likeness (QED) is 0.503. The zero-order valence-electron chi connectivity index (χ0n) is 16.1. The Bertz CT molecular complexity index is 1290. The van der Waals surface area contributed by atoms with E-state index in [0.717, 1.165) is 21.9 Å². The second kappa shape index (κ2) is 7.80.